The monoisotopic (exact) mass is 285 g/mol. The van der Waals surface area contributed by atoms with Crippen LogP contribution in [0.1, 0.15) is 12.0 Å². The van der Waals surface area contributed by atoms with E-state index < -0.39 is 12.6 Å². The molecule has 0 atom stereocenters. The summed E-state index contributed by atoms with van der Waals surface area (Å²) < 4.78 is 36.4. The number of anilines is 1. The van der Waals surface area contributed by atoms with Crippen molar-refractivity contribution < 1.29 is 13.2 Å². The Balaban J connectivity index is 2.84. The summed E-state index contributed by atoms with van der Waals surface area (Å²) in [4.78, 5) is 1.48. The molecule has 0 saturated heterocycles. The van der Waals surface area contributed by atoms with Gasteiger partial charge in [0, 0.05) is 19.5 Å². The molecule has 0 spiro atoms. The van der Waals surface area contributed by atoms with Crippen LogP contribution in [0.4, 0.5) is 18.9 Å². The molecular formula is C11H12Cl2F3N. The maximum Gasteiger partial charge on any atom is 0.390 e. The topological polar surface area (TPSA) is 3.24 Å². The molecule has 0 N–H and O–H groups in total. The number of hydrogen-bond acceptors (Lipinski definition) is 1. The lowest BCUT2D eigenvalue weighted by Crippen LogP contribution is -2.25. The number of hydrogen-bond donors (Lipinski definition) is 0. The lowest BCUT2D eigenvalue weighted by atomic mass is 10.2. The molecule has 0 amide bonds. The number of benzene rings is 1. The zero-order chi connectivity index (χ0) is 13.1. The Morgan fingerprint density at radius 3 is 2.47 bits per heavy atom. The summed E-state index contributed by atoms with van der Waals surface area (Å²) in [6.07, 6.45) is -5.05. The molecule has 1 aromatic carbocycles. The fourth-order valence-corrected chi connectivity index (χ4v) is 2.06. The zero-order valence-electron chi connectivity index (χ0n) is 9.19. The van der Waals surface area contributed by atoms with E-state index in [0.717, 1.165) is 5.56 Å². The van der Waals surface area contributed by atoms with Gasteiger partial charge in [-0.1, -0.05) is 23.7 Å². The summed E-state index contributed by atoms with van der Waals surface area (Å²) in [5.41, 5.74) is 1.29. The smallest absolute Gasteiger partial charge is 0.373 e. The molecule has 0 unspecified atom stereocenters. The summed E-state index contributed by atoms with van der Waals surface area (Å²) in [6.45, 7) is -0.142. The largest absolute Gasteiger partial charge is 0.390 e. The van der Waals surface area contributed by atoms with Crippen LogP contribution >= 0.6 is 23.2 Å². The number of para-hydroxylation sites is 1. The maximum absolute atomic E-state index is 12.1. The molecule has 0 aliphatic rings. The van der Waals surface area contributed by atoms with Crippen molar-refractivity contribution in [3.05, 3.63) is 28.8 Å². The Morgan fingerprint density at radius 2 is 1.94 bits per heavy atom. The van der Waals surface area contributed by atoms with Crippen LogP contribution in [-0.2, 0) is 5.88 Å². The van der Waals surface area contributed by atoms with Crippen LogP contribution in [0.2, 0.25) is 5.02 Å². The molecule has 0 radical (unpaired) electrons. The summed E-state index contributed by atoms with van der Waals surface area (Å²) >= 11 is 11.7. The summed E-state index contributed by atoms with van der Waals surface area (Å²) in [6, 6.07) is 5.11. The number of rotatable bonds is 4. The summed E-state index contributed by atoms with van der Waals surface area (Å²) in [7, 11) is 1.57. The summed E-state index contributed by atoms with van der Waals surface area (Å²) in [5.74, 6) is 0.215. The van der Waals surface area contributed by atoms with Crippen molar-refractivity contribution in [2.24, 2.45) is 0 Å². The van der Waals surface area contributed by atoms with E-state index in [9.17, 15) is 13.2 Å². The average molecular weight is 286 g/mol. The van der Waals surface area contributed by atoms with E-state index in [2.05, 4.69) is 0 Å². The van der Waals surface area contributed by atoms with Crippen LogP contribution in [0.3, 0.4) is 0 Å². The van der Waals surface area contributed by atoms with Crippen molar-refractivity contribution in [1.29, 1.82) is 0 Å². The predicted octanol–water partition coefficient (Wildman–Crippen LogP) is 4.47. The van der Waals surface area contributed by atoms with Crippen LogP contribution < -0.4 is 4.90 Å². The SMILES string of the molecule is CN(CCC(F)(F)F)c1c(Cl)cccc1CCl. The molecule has 0 aliphatic carbocycles. The van der Waals surface area contributed by atoms with Gasteiger partial charge in [0.1, 0.15) is 0 Å². The van der Waals surface area contributed by atoms with Gasteiger partial charge < -0.3 is 4.90 Å². The third-order valence-corrected chi connectivity index (χ3v) is 2.92. The van der Waals surface area contributed by atoms with Crippen LogP contribution in [-0.4, -0.2) is 19.8 Å². The molecule has 0 bridgehead atoms. The first-order valence-electron chi connectivity index (χ1n) is 4.96. The van der Waals surface area contributed by atoms with Crippen molar-refractivity contribution in [1.82, 2.24) is 0 Å². The summed E-state index contributed by atoms with van der Waals surface area (Å²) in [5, 5.41) is 0.410. The van der Waals surface area contributed by atoms with Gasteiger partial charge in [0.2, 0.25) is 0 Å². The molecule has 1 aromatic rings. The minimum absolute atomic E-state index is 0.142. The van der Waals surface area contributed by atoms with Crippen molar-refractivity contribution in [3.63, 3.8) is 0 Å². The van der Waals surface area contributed by atoms with Crippen molar-refractivity contribution in [2.75, 3.05) is 18.5 Å². The quantitative estimate of drug-likeness (QED) is 0.738. The van der Waals surface area contributed by atoms with Crippen LogP contribution in [0, 0.1) is 0 Å². The molecule has 96 valence electrons. The highest BCUT2D eigenvalue weighted by Crippen LogP contribution is 2.31. The molecule has 0 aromatic heterocycles. The molecule has 6 heteroatoms. The van der Waals surface area contributed by atoms with Gasteiger partial charge in [-0.25, -0.2) is 0 Å². The second kappa shape index (κ2) is 5.83. The lowest BCUT2D eigenvalue weighted by molar-refractivity contribution is -0.132. The van der Waals surface area contributed by atoms with E-state index in [1.807, 2.05) is 0 Å². The van der Waals surface area contributed by atoms with Crippen LogP contribution in [0.15, 0.2) is 18.2 Å². The third-order valence-electron chi connectivity index (χ3n) is 2.33. The second-order valence-corrected chi connectivity index (χ2v) is 4.34. The molecule has 0 heterocycles. The van der Waals surface area contributed by atoms with E-state index in [4.69, 9.17) is 23.2 Å². The van der Waals surface area contributed by atoms with E-state index in [-0.39, 0.29) is 12.4 Å². The normalized spacial score (nSPS) is 11.6. The molecule has 1 rings (SSSR count). The highest BCUT2D eigenvalue weighted by Gasteiger charge is 2.27. The predicted molar refractivity (Wildman–Crippen MR) is 65.0 cm³/mol. The molecule has 0 fully saturated rings. The Morgan fingerprint density at radius 1 is 1.29 bits per heavy atom. The van der Waals surface area contributed by atoms with Crippen molar-refractivity contribution >= 4 is 28.9 Å². The highest BCUT2D eigenvalue weighted by atomic mass is 35.5. The van der Waals surface area contributed by atoms with Crippen molar-refractivity contribution in [3.8, 4) is 0 Å². The molecule has 0 aliphatic heterocycles. The fourth-order valence-electron chi connectivity index (χ4n) is 1.50. The molecule has 17 heavy (non-hydrogen) atoms. The van der Waals surface area contributed by atoms with E-state index in [1.165, 1.54) is 4.90 Å². The number of nitrogens with zero attached hydrogens (tertiary/aromatic N) is 1. The van der Waals surface area contributed by atoms with Crippen LogP contribution in [0.5, 0.6) is 0 Å². The van der Waals surface area contributed by atoms with Crippen LogP contribution in [0.25, 0.3) is 0 Å². The molecule has 0 saturated carbocycles. The van der Waals surface area contributed by atoms with Gasteiger partial charge in [-0.05, 0) is 11.6 Å². The molecule has 1 nitrogen and oxygen atoms in total. The fraction of sp³-hybridized carbons (Fsp3) is 0.455. The Kier molecular flexibility index (Phi) is 4.95. The first-order valence-corrected chi connectivity index (χ1v) is 5.87. The van der Waals surface area contributed by atoms with E-state index in [0.29, 0.717) is 10.7 Å². The first kappa shape index (κ1) is 14.5. The highest BCUT2D eigenvalue weighted by molar-refractivity contribution is 6.33. The van der Waals surface area contributed by atoms with E-state index in [1.54, 1.807) is 25.2 Å². The zero-order valence-corrected chi connectivity index (χ0v) is 10.7. The van der Waals surface area contributed by atoms with Crippen molar-refractivity contribution in [2.45, 2.75) is 18.5 Å². The lowest BCUT2D eigenvalue weighted by Gasteiger charge is -2.23. The Hall–Kier alpha value is -0.610. The van der Waals surface area contributed by atoms with Gasteiger partial charge in [-0.3, -0.25) is 0 Å². The Labute approximate surface area is 108 Å². The average Bonchev–Trinajstić information content (AvgIpc) is 2.24. The molecular weight excluding hydrogens is 274 g/mol. The first-order chi connectivity index (χ1) is 7.85. The van der Waals surface area contributed by atoms with E-state index >= 15 is 0 Å². The second-order valence-electron chi connectivity index (χ2n) is 3.67. The minimum atomic E-state index is -4.17. The minimum Gasteiger partial charge on any atom is -0.373 e. The van der Waals surface area contributed by atoms with Gasteiger partial charge >= 0.3 is 6.18 Å². The van der Waals surface area contributed by atoms with Gasteiger partial charge in [0.05, 0.1) is 17.1 Å². The van der Waals surface area contributed by atoms with Gasteiger partial charge in [-0.2, -0.15) is 13.2 Å². The third kappa shape index (κ3) is 4.28. The van der Waals surface area contributed by atoms with Gasteiger partial charge in [0.15, 0.2) is 0 Å². The number of alkyl halides is 4. The van der Waals surface area contributed by atoms with Gasteiger partial charge in [0.25, 0.3) is 0 Å². The maximum atomic E-state index is 12.1. The number of halogens is 5. The van der Waals surface area contributed by atoms with Gasteiger partial charge in [-0.15, -0.1) is 11.6 Å². The standard InChI is InChI=1S/C11H12Cl2F3N/c1-17(6-5-11(14,15)16)10-8(7-12)3-2-4-9(10)13/h2-4H,5-7H2,1H3. The Bertz CT molecular complexity index is 379.